The SMILES string of the molecule is CN(Cc1nc2c(N3CCOCC3)nc(-c3ccc(N)c(C=N)c3)nc2n1C)c1ncc(C(=O)NO)cn1. The lowest BCUT2D eigenvalue weighted by molar-refractivity contribution is 0.0705. The monoisotopic (exact) mass is 517 g/mol. The number of nitrogens with zero attached hydrogens (tertiary/aromatic N) is 8. The Kier molecular flexibility index (Phi) is 6.81. The summed E-state index contributed by atoms with van der Waals surface area (Å²) in [6.45, 7) is 2.88. The fraction of sp³-hybridized carbons (Fsp3) is 0.292. The van der Waals surface area contributed by atoms with Crippen LogP contribution in [0, 0.1) is 5.41 Å². The highest BCUT2D eigenvalue weighted by atomic mass is 16.5. The predicted molar refractivity (Wildman–Crippen MR) is 140 cm³/mol. The second-order valence-electron chi connectivity index (χ2n) is 8.79. The quantitative estimate of drug-likeness (QED) is 0.119. The molecule has 0 spiro atoms. The lowest BCUT2D eigenvalue weighted by Gasteiger charge is -2.28. The number of fused-ring (bicyclic) bond motifs is 1. The van der Waals surface area contributed by atoms with Gasteiger partial charge in [0.15, 0.2) is 22.8 Å². The maximum absolute atomic E-state index is 11.6. The molecule has 14 nitrogen and oxygen atoms in total. The van der Waals surface area contributed by atoms with Crippen molar-refractivity contribution in [1.82, 2.24) is 35.0 Å². The number of nitrogens with two attached hydrogens (primary N) is 1. The van der Waals surface area contributed by atoms with Gasteiger partial charge in [-0.1, -0.05) is 0 Å². The fourth-order valence-electron chi connectivity index (χ4n) is 4.18. The zero-order valence-corrected chi connectivity index (χ0v) is 20.9. The second kappa shape index (κ2) is 10.4. The minimum atomic E-state index is -0.687. The molecule has 1 amide bonds. The molecule has 38 heavy (non-hydrogen) atoms. The number of hydrogen-bond donors (Lipinski definition) is 4. The summed E-state index contributed by atoms with van der Waals surface area (Å²) in [5.41, 5.74) is 10.9. The van der Waals surface area contributed by atoms with E-state index in [9.17, 15) is 4.79 Å². The third-order valence-corrected chi connectivity index (χ3v) is 6.33. The Bertz CT molecular complexity index is 1500. The number of ether oxygens (including phenoxy) is 1. The van der Waals surface area contributed by atoms with Crippen LogP contribution in [0.15, 0.2) is 30.6 Å². The van der Waals surface area contributed by atoms with Crippen LogP contribution in [0.4, 0.5) is 17.5 Å². The molecule has 0 bridgehead atoms. The van der Waals surface area contributed by atoms with Gasteiger partial charge in [0.05, 0.1) is 25.3 Å². The number of imidazole rings is 1. The number of hydroxylamine groups is 1. The topological polar surface area (TPSA) is 184 Å². The van der Waals surface area contributed by atoms with Gasteiger partial charge in [-0.15, -0.1) is 0 Å². The van der Waals surface area contributed by atoms with E-state index in [2.05, 4.69) is 14.9 Å². The lowest BCUT2D eigenvalue weighted by atomic mass is 10.1. The number of nitrogens with one attached hydrogen (secondary N) is 2. The number of rotatable bonds is 7. The molecule has 4 aromatic rings. The Balaban J connectivity index is 1.55. The Morgan fingerprint density at radius 3 is 2.66 bits per heavy atom. The fourth-order valence-corrected chi connectivity index (χ4v) is 4.18. The van der Waals surface area contributed by atoms with Gasteiger partial charge >= 0.3 is 0 Å². The van der Waals surface area contributed by atoms with Crippen LogP contribution in [0.3, 0.4) is 0 Å². The summed E-state index contributed by atoms with van der Waals surface area (Å²) in [7, 11) is 3.70. The predicted octanol–water partition coefficient (Wildman–Crippen LogP) is 0.992. The highest BCUT2D eigenvalue weighted by Crippen LogP contribution is 2.29. The first-order chi connectivity index (χ1) is 18.4. The van der Waals surface area contributed by atoms with Crippen molar-refractivity contribution >= 4 is 40.7 Å². The average Bonchev–Trinajstić information content (AvgIpc) is 3.27. The van der Waals surface area contributed by atoms with Crippen LogP contribution in [0.5, 0.6) is 0 Å². The highest BCUT2D eigenvalue weighted by Gasteiger charge is 2.23. The third-order valence-electron chi connectivity index (χ3n) is 6.33. The van der Waals surface area contributed by atoms with Crippen LogP contribution in [0.1, 0.15) is 21.7 Å². The third kappa shape index (κ3) is 4.69. The van der Waals surface area contributed by atoms with Crippen LogP contribution in [-0.2, 0) is 18.3 Å². The Morgan fingerprint density at radius 2 is 1.97 bits per heavy atom. The first-order valence-electron chi connectivity index (χ1n) is 11.8. The normalized spacial score (nSPS) is 13.5. The molecule has 196 valence electrons. The van der Waals surface area contributed by atoms with Crippen molar-refractivity contribution < 1.29 is 14.7 Å². The molecule has 0 radical (unpaired) electrons. The van der Waals surface area contributed by atoms with Crippen LogP contribution < -0.4 is 21.0 Å². The molecular weight excluding hydrogens is 490 g/mol. The number of carbonyl (C=O) groups excluding carboxylic acids is 1. The molecule has 1 aliphatic rings. The number of amides is 1. The molecular formula is C24H27N11O3. The maximum Gasteiger partial charge on any atom is 0.277 e. The van der Waals surface area contributed by atoms with Gasteiger partial charge in [-0.2, -0.15) is 0 Å². The van der Waals surface area contributed by atoms with Gasteiger partial charge < -0.3 is 30.2 Å². The van der Waals surface area contributed by atoms with E-state index >= 15 is 0 Å². The summed E-state index contributed by atoms with van der Waals surface area (Å²) in [6, 6.07) is 5.39. The summed E-state index contributed by atoms with van der Waals surface area (Å²) < 4.78 is 7.45. The van der Waals surface area contributed by atoms with Crippen molar-refractivity contribution in [3.8, 4) is 11.4 Å². The summed E-state index contributed by atoms with van der Waals surface area (Å²) in [4.78, 5) is 38.6. The van der Waals surface area contributed by atoms with Crippen LogP contribution in [0.2, 0.25) is 0 Å². The van der Waals surface area contributed by atoms with E-state index in [0.717, 1.165) is 5.56 Å². The van der Waals surface area contributed by atoms with Crippen LogP contribution >= 0.6 is 0 Å². The number of anilines is 3. The molecule has 1 fully saturated rings. The Labute approximate surface area is 217 Å². The number of hydrogen-bond acceptors (Lipinski definition) is 12. The van der Waals surface area contributed by atoms with E-state index in [-0.39, 0.29) is 5.56 Å². The van der Waals surface area contributed by atoms with E-state index in [4.69, 9.17) is 36.0 Å². The molecule has 3 aromatic heterocycles. The molecule has 0 aliphatic carbocycles. The van der Waals surface area contributed by atoms with E-state index in [0.29, 0.717) is 78.7 Å². The smallest absolute Gasteiger partial charge is 0.277 e. The summed E-state index contributed by atoms with van der Waals surface area (Å²) in [5, 5.41) is 16.5. The van der Waals surface area contributed by atoms with Gasteiger partial charge in [0, 0.05) is 62.6 Å². The van der Waals surface area contributed by atoms with E-state index in [1.165, 1.54) is 18.6 Å². The van der Waals surface area contributed by atoms with Crippen molar-refractivity contribution in [2.45, 2.75) is 6.54 Å². The lowest BCUT2D eigenvalue weighted by Crippen LogP contribution is -2.37. The molecule has 0 unspecified atom stereocenters. The molecule has 4 heterocycles. The van der Waals surface area contributed by atoms with Gasteiger partial charge in [0.1, 0.15) is 5.82 Å². The Hall–Kier alpha value is -4.69. The summed E-state index contributed by atoms with van der Waals surface area (Å²) >= 11 is 0. The number of aryl methyl sites for hydroxylation is 1. The van der Waals surface area contributed by atoms with E-state index in [1.807, 2.05) is 24.7 Å². The molecule has 0 saturated carbocycles. The molecule has 1 aromatic carbocycles. The highest BCUT2D eigenvalue weighted by molar-refractivity contribution is 5.92. The number of nitrogen functional groups attached to an aromatic ring is 1. The number of benzene rings is 1. The molecule has 5 N–H and O–H groups in total. The first kappa shape index (κ1) is 25.0. The molecule has 1 saturated heterocycles. The molecule has 14 heteroatoms. The zero-order valence-electron chi connectivity index (χ0n) is 20.9. The average molecular weight is 518 g/mol. The van der Waals surface area contributed by atoms with Gasteiger partial charge in [-0.3, -0.25) is 10.0 Å². The van der Waals surface area contributed by atoms with Crippen molar-refractivity contribution in [2.24, 2.45) is 7.05 Å². The van der Waals surface area contributed by atoms with Crippen molar-refractivity contribution in [3.05, 3.63) is 47.5 Å². The Morgan fingerprint density at radius 1 is 1.24 bits per heavy atom. The van der Waals surface area contributed by atoms with Gasteiger partial charge in [-0.05, 0) is 18.2 Å². The minimum absolute atomic E-state index is 0.138. The molecule has 0 atom stereocenters. The second-order valence-corrected chi connectivity index (χ2v) is 8.79. The first-order valence-corrected chi connectivity index (χ1v) is 11.8. The number of morpholine rings is 1. The van der Waals surface area contributed by atoms with E-state index in [1.54, 1.807) is 22.5 Å². The minimum Gasteiger partial charge on any atom is -0.398 e. The molecule has 5 rings (SSSR count). The van der Waals surface area contributed by atoms with Crippen molar-refractivity contribution in [3.63, 3.8) is 0 Å². The van der Waals surface area contributed by atoms with Gasteiger partial charge in [-0.25, -0.2) is 30.4 Å². The van der Waals surface area contributed by atoms with Gasteiger partial charge in [0.2, 0.25) is 5.95 Å². The van der Waals surface area contributed by atoms with Gasteiger partial charge in [0.25, 0.3) is 5.91 Å². The standard InChI is InChI=1S/C24H27N11O3/c1-33(24-27-11-16(12-28-24)23(36)32-37)13-18-29-19-21(34(18)2)30-20(14-3-4-17(26)15(9-14)10-25)31-22(19)35-5-7-38-8-6-35/h3-4,9-12,25,37H,5-8,13,26H2,1-2H3,(H,32,36). The zero-order chi connectivity index (χ0) is 26.8. The van der Waals surface area contributed by atoms with E-state index < -0.39 is 5.91 Å². The van der Waals surface area contributed by atoms with Crippen molar-refractivity contribution in [2.75, 3.05) is 48.9 Å². The summed E-state index contributed by atoms with van der Waals surface area (Å²) in [5.74, 6) is 1.62. The van der Waals surface area contributed by atoms with Crippen LogP contribution in [-0.4, -0.2) is 80.2 Å². The number of aromatic nitrogens is 6. The maximum atomic E-state index is 11.6. The van der Waals surface area contributed by atoms with Crippen molar-refractivity contribution in [1.29, 1.82) is 5.41 Å². The summed E-state index contributed by atoms with van der Waals surface area (Å²) in [6.07, 6.45) is 3.88. The largest absolute Gasteiger partial charge is 0.398 e. The molecule has 1 aliphatic heterocycles. The van der Waals surface area contributed by atoms with Crippen LogP contribution in [0.25, 0.3) is 22.6 Å². The number of carbonyl (C=O) groups is 1.